The van der Waals surface area contributed by atoms with Gasteiger partial charge >= 0.3 is 0 Å². The first-order valence-corrected chi connectivity index (χ1v) is 9.25. The Labute approximate surface area is 157 Å². The number of ether oxygens (including phenoxy) is 1. The van der Waals surface area contributed by atoms with Crippen molar-refractivity contribution in [2.24, 2.45) is 0 Å². The van der Waals surface area contributed by atoms with E-state index in [1.54, 1.807) is 0 Å². The average molecular weight is 371 g/mol. The Hall–Kier alpha value is -2.60. The molecule has 0 fully saturated rings. The van der Waals surface area contributed by atoms with Gasteiger partial charge in [0.2, 0.25) is 0 Å². The van der Waals surface area contributed by atoms with Crippen molar-refractivity contribution in [3.63, 3.8) is 0 Å². The van der Waals surface area contributed by atoms with Crippen LogP contribution in [0.2, 0.25) is 0 Å². The van der Waals surface area contributed by atoms with Crippen molar-refractivity contribution in [2.45, 2.75) is 25.4 Å². The van der Waals surface area contributed by atoms with E-state index >= 15 is 0 Å². The predicted molar refractivity (Wildman–Crippen MR) is 100 cm³/mol. The van der Waals surface area contributed by atoms with Gasteiger partial charge < -0.3 is 20.3 Å². The maximum absolute atomic E-state index is 13.8. The molecule has 6 heteroatoms. The molecular weight excluding hydrogens is 348 g/mol. The van der Waals surface area contributed by atoms with Gasteiger partial charge in [-0.25, -0.2) is 8.78 Å². The van der Waals surface area contributed by atoms with Crippen LogP contribution in [0, 0.1) is 11.6 Å². The molecule has 0 aromatic heterocycles. The SMILES string of the molecule is Fc1cc(F)c2c(c1)C[C@@H](N1CNC=C1CCNCc1ccccc1)CO2. The quantitative estimate of drug-likeness (QED) is 0.765. The van der Waals surface area contributed by atoms with Crippen molar-refractivity contribution in [2.75, 3.05) is 19.8 Å². The Balaban J connectivity index is 1.33. The molecule has 0 saturated carbocycles. The Morgan fingerprint density at radius 3 is 2.89 bits per heavy atom. The van der Waals surface area contributed by atoms with Crippen LogP contribution in [0.3, 0.4) is 0 Å². The number of hydrogen-bond donors (Lipinski definition) is 2. The molecule has 2 N–H and O–H groups in total. The second-order valence-electron chi connectivity index (χ2n) is 6.92. The molecule has 2 aliphatic heterocycles. The van der Waals surface area contributed by atoms with Gasteiger partial charge in [-0.15, -0.1) is 0 Å². The lowest BCUT2D eigenvalue weighted by Crippen LogP contribution is -2.43. The van der Waals surface area contributed by atoms with Gasteiger partial charge in [-0.05, 0) is 18.1 Å². The molecule has 142 valence electrons. The van der Waals surface area contributed by atoms with E-state index in [1.807, 2.05) is 24.4 Å². The Kier molecular flexibility index (Phi) is 5.25. The first kappa shape index (κ1) is 17.8. The third-order valence-electron chi connectivity index (χ3n) is 5.03. The van der Waals surface area contributed by atoms with E-state index in [0.29, 0.717) is 25.3 Å². The van der Waals surface area contributed by atoms with Gasteiger partial charge in [-0.1, -0.05) is 30.3 Å². The molecule has 2 aromatic rings. The fourth-order valence-corrected chi connectivity index (χ4v) is 3.69. The van der Waals surface area contributed by atoms with Gasteiger partial charge in [-0.2, -0.15) is 0 Å². The molecule has 0 bridgehead atoms. The molecule has 4 rings (SSSR count). The molecule has 2 aromatic carbocycles. The summed E-state index contributed by atoms with van der Waals surface area (Å²) in [5, 5.41) is 6.71. The van der Waals surface area contributed by atoms with Gasteiger partial charge in [0.05, 0.1) is 12.7 Å². The molecule has 0 radical (unpaired) electrons. The maximum Gasteiger partial charge on any atom is 0.168 e. The van der Waals surface area contributed by atoms with Crippen molar-refractivity contribution in [3.8, 4) is 5.75 Å². The summed E-state index contributed by atoms with van der Waals surface area (Å²) >= 11 is 0. The largest absolute Gasteiger partial charge is 0.488 e. The molecule has 0 spiro atoms. The summed E-state index contributed by atoms with van der Waals surface area (Å²) in [4.78, 5) is 2.23. The zero-order valence-corrected chi connectivity index (χ0v) is 15.1. The van der Waals surface area contributed by atoms with E-state index in [0.717, 1.165) is 25.6 Å². The third-order valence-corrected chi connectivity index (χ3v) is 5.03. The van der Waals surface area contributed by atoms with Crippen LogP contribution >= 0.6 is 0 Å². The highest BCUT2D eigenvalue weighted by molar-refractivity contribution is 5.38. The Bertz CT molecular complexity index is 826. The van der Waals surface area contributed by atoms with Crippen LogP contribution in [0.4, 0.5) is 8.78 Å². The third kappa shape index (κ3) is 4.06. The Morgan fingerprint density at radius 1 is 1.19 bits per heavy atom. The second kappa shape index (κ2) is 7.96. The van der Waals surface area contributed by atoms with Crippen molar-refractivity contribution in [1.82, 2.24) is 15.5 Å². The monoisotopic (exact) mass is 371 g/mol. The fourth-order valence-electron chi connectivity index (χ4n) is 3.69. The number of nitrogens with zero attached hydrogens (tertiary/aromatic N) is 1. The summed E-state index contributed by atoms with van der Waals surface area (Å²) < 4.78 is 33.0. The zero-order valence-electron chi connectivity index (χ0n) is 15.1. The van der Waals surface area contributed by atoms with Crippen LogP contribution in [-0.4, -0.2) is 30.8 Å². The normalized spacial score (nSPS) is 18.5. The smallest absolute Gasteiger partial charge is 0.168 e. The zero-order chi connectivity index (χ0) is 18.6. The van der Waals surface area contributed by atoms with E-state index < -0.39 is 11.6 Å². The summed E-state index contributed by atoms with van der Waals surface area (Å²) in [6.45, 7) is 2.77. The molecule has 27 heavy (non-hydrogen) atoms. The van der Waals surface area contributed by atoms with Crippen molar-refractivity contribution in [3.05, 3.63) is 77.1 Å². The lowest BCUT2D eigenvalue weighted by molar-refractivity contribution is 0.146. The second-order valence-corrected chi connectivity index (χ2v) is 6.92. The topological polar surface area (TPSA) is 36.5 Å². The highest BCUT2D eigenvalue weighted by atomic mass is 19.1. The van der Waals surface area contributed by atoms with Gasteiger partial charge in [0.25, 0.3) is 0 Å². The van der Waals surface area contributed by atoms with E-state index in [2.05, 4.69) is 27.7 Å². The van der Waals surface area contributed by atoms with E-state index in [-0.39, 0.29) is 11.8 Å². The van der Waals surface area contributed by atoms with Crippen molar-refractivity contribution < 1.29 is 13.5 Å². The number of benzene rings is 2. The number of rotatable bonds is 6. The molecule has 4 nitrogen and oxygen atoms in total. The minimum absolute atomic E-state index is 0.0640. The fraction of sp³-hybridized carbons (Fsp3) is 0.333. The molecule has 0 amide bonds. The summed E-state index contributed by atoms with van der Waals surface area (Å²) in [5.74, 6) is -0.991. The first-order valence-electron chi connectivity index (χ1n) is 9.25. The van der Waals surface area contributed by atoms with Gasteiger partial charge in [-0.3, -0.25) is 0 Å². The van der Waals surface area contributed by atoms with Crippen molar-refractivity contribution >= 4 is 0 Å². The highest BCUT2D eigenvalue weighted by Crippen LogP contribution is 2.32. The first-order chi connectivity index (χ1) is 13.2. The summed E-state index contributed by atoms with van der Waals surface area (Å²) in [7, 11) is 0. The maximum atomic E-state index is 13.8. The lowest BCUT2D eigenvalue weighted by atomic mass is 10.0. The van der Waals surface area contributed by atoms with Gasteiger partial charge in [0.1, 0.15) is 12.4 Å². The molecule has 1 atom stereocenters. The Morgan fingerprint density at radius 2 is 2.04 bits per heavy atom. The van der Waals surface area contributed by atoms with Crippen LogP contribution in [0.5, 0.6) is 5.75 Å². The molecule has 2 heterocycles. The molecule has 0 aliphatic carbocycles. The summed E-state index contributed by atoms with van der Waals surface area (Å²) in [6, 6.07) is 12.6. The molecule has 2 aliphatic rings. The number of halogens is 2. The number of nitrogens with one attached hydrogen (secondary N) is 2. The summed E-state index contributed by atoms with van der Waals surface area (Å²) in [6.07, 6.45) is 3.47. The predicted octanol–water partition coefficient (Wildman–Crippen LogP) is 3.15. The van der Waals surface area contributed by atoms with Gasteiger partial charge in [0.15, 0.2) is 11.6 Å². The van der Waals surface area contributed by atoms with Gasteiger partial charge in [0, 0.05) is 43.0 Å². The van der Waals surface area contributed by atoms with Crippen LogP contribution in [0.25, 0.3) is 0 Å². The minimum Gasteiger partial charge on any atom is -0.488 e. The van der Waals surface area contributed by atoms with Crippen LogP contribution in [0.15, 0.2) is 54.4 Å². The van der Waals surface area contributed by atoms with Crippen LogP contribution in [0.1, 0.15) is 17.5 Å². The number of fused-ring (bicyclic) bond motifs is 1. The van der Waals surface area contributed by atoms with Crippen LogP contribution in [-0.2, 0) is 13.0 Å². The van der Waals surface area contributed by atoms with Crippen molar-refractivity contribution in [1.29, 1.82) is 0 Å². The highest BCUT2D eigenvalue weighted by Gasteiger charge is 2.30. The van der Waals surface area contributed by atoms with E-state index in [4.69, 9.17) is 4.74 Å². The van der Waals surface area contributed by atoms with E-state index in [9.17, 15) is 8.78 Å². The molecule has 0 unspecified atom stereocenters. The minimum atomic E-state index is -0.621. The standard InChI is InChI=1S/C21H23F2N3O/c22-17-8-16-9-19(13-27-21(16)20(23)10-17)26-14-25-12-18(26)6-7-24-11-15-4-2-1-3-5-15/h1-5,8,10,12,19,24-25H,6-7,9,11,13-14H2/t19-/m1/s1. The summed E-state index contributed by atoms with van der Waals surface area (Å²) in [5.41, 5.74) is 3.04. The molecule has 0 saturated heterocycles. The van der Waals surface area contributed by atoms with E-state index in [1.165, 1.54) is 17.3 Å². The average Bonchev–Trinajstić information content (AvgIpc) is 3.14. The molecular formula is C21H23F2N3O. The number of hydrogen-bond acceptors (Lipinski definition) is 4. The van der Waals surface area contributed by atoms with Crippen LogP contribution < -0.4 is 15.4 Å². The lowest BCUT2D eigenvalue weighted by Gasteiger charge is -2.35.